The maximum Gasteiger partial charge on any atom is 0.143 e. The van der Waals surface area contributed by atoms with Gasteiger partial charge in [-0.05, 0) is 89.6 Å². The van der Waals surface area contributed by atoms with Crippen LogP contribution in [0.5, 0.6) is 0 Å². The highest BCUT2D eigenvalue weighted by Crippen LogP contribution is 2.51. The van der Waals surface area contributed by atoms with E-state index < -0.39 is 12.1 Å². The van der Waals surface area contributed by atoms with E-state index in [-0.39, 0.29) is 46.1 Å². The zero-order valence-electron chi connectivity index (χ0n) is 39.6. The lowest BCUT2D eigenvalue weighted by molar-refractivity contribution is 0.599. The minimum Gasteiger partial charge on any atom is -0.455 e. The lowest BCUT2D eigenvalue weighted by Gasteiger charge is -2.14. The minimum absolute atomic E-state index is 0.119. The summed E-state index contributed by atoms with van der Waals surface area (Å²) in [5.74, 6) is 1.28. The maximum atomic E-state index is 9.77. The van der Waals surface area contributed by atoms with Gasteiger partial charge in [-0.3, -0.25) is 4.98 Å². The maximum absolute atomic E-state index is 9.77. The molecule has 0 fully saturated rings. The fourth-order valence-electron chi connectivity index (χ4n) is 9.54. The zero-order chi connectivity index (χ0) is 46.7. The van der Waals surface area contributed by atoms with Crippen LogP contribution in [0.3, 0.4) is 0 Å². The van der Waals surface area contributed by atoms with Crippen molar-refractivity contribution < 1.29 is 12.6 Å². The number of furan rings is 1. The van der Waals surface area contributed by atoms with Crippen molar-refractivity contribution in [3.8, 4) is 67.3 Å². The van der Waals surface area contributed by atoms with Crippen molar-refractivity contribution in [2.75, 3.05) is 0 Å². The molecule has 0 N–H and O–H groups in total. The van der Waals surface area contributed by atoms with E-state index in [2.05, 4.69) is 83.8 Å². The molecular weight excluding hydrogens is 765 g/mol. The van der Waals surface area contributed by atoms with Gasteiger partial charge in [-0.25, -0.2) is 4.98 Å². The van der Waals surface area contributed by atoms with E-state index in [9.17, 15) is 5.48 Å². The summed E-state index contributed by atoms with van der Waals surface area (Å²) in [7, 11) is 0. The highest BCUT2D eigenvalue weighted by Gasteiger charge is 2.27. The van der Waals surface area contributed by atoms with Crippen molar-refractivity contribution in [2.45, 2.75) is 0 Å². The molecule has 0 spiro atoms. The normalized spacial score (nSPS) is 13.1. The third-order valence-corrected chi connectivity index (χ3v) is 12.4. The van der Waals surface area contributed by atoms with Crippen molar-refractivity contribution in [3.63, 3.8) is 0 Å². The van der Waals surface area contributed by atoms with Gasteiger partial charge in [0, 0.05) is 44.8 Å². The molecule has 0 atom stereocenters. The molecule has 0 aliphatic carbocycles. The van der Waals surface area contributed by atoms with Crippen LogP contribution >= 0.6 is 0 Å². The molecule has 10 aromatic carbocycles. The topological polar surface area (TPSA) is 38.9 Å². The summed E-state index contributed by atoms with van der Waals surface area (Å²) in [6.45, 7) is 0. The largest absolute Gasteiger partial charge is 0.455 e. The third-order valence-electron chi connectivity index (χ3n) is 12.4. The van der Waals surface area contributed by atoms with Gasteiger partial charge in [0.15, 0.2) is 0 Å². The molecule has 292 valence electrons. The van der Waals surface area contributed by atoms with Crippen molar-refractivity contribution >= 4 is 64.9 Å². The number of fused-ring (bicyclic) bond motifs is 4. The molecule has 3 nitrogen and oxygen atoms in total. The van der Waals surface area contributed by atoms with Gasteiger partial charge in [0.25, 0.3) is 0 Å². The molecule has 0 saturated carbocycles. The molecule has 13 aromatic rings. The van der Waals surface area contributed by atoms with Gasteiger partial charge in [0.05, 0.1) is 25.0 Å². The van der Waals surface area contributed by atoms with Gasteiger partial charge in [-0.2, -0.15) is 0 Å². The first-order valence-electron chi connectivity index (χ1n) is 24.0. The van der Waals surface area contributed by atoms with E-state index in [1.165, 1.54) is 21.5 Å². The van der Waals surface area contributed by atoms with Gasteiger partial charge < -0.3 is 4.42 Å². The smallest absolute Gasteiger partial charge is 0.143 e. The van der Waals surface area contributed by atoms with Crippen LogP contribution in [0.15, 0.2) is 223 Å². The van der Waals surface area contributed by atoms with Crippen molar-refractivity contribution in [1.29, 1.82) is 0 Å². The first-order valence-corrected chi connectivity index (χ1v) is 21.0. The highest BCUT2D eigenvalue weighted by atomic mass is 16.3. The molecule has 0 saturated heterocycles. The summed E-state index contributed by atoms with van der Waals surface area (Å²) in [6.07, 6.45) is 1.70. The number of hydrogen-bond donors (Lipinski definition) is 0. The van der Waals surface area contributed by atoms with E-state index in [4.69, 9.17) is 12.1 Å². The lowest BCUT2D eigenvalue weighted by atomic mass is 9.88. The minimum atomic E-state index is -0.436. The summed E-state index contributed by atoms with van der Waals surface area (Å²) in [4.78, 5) is 9.63. The van der Waals surface area contributed by atoms with Gasteiger partial charge in [-0.1, -0.05) is 188 Å². The number of nitrogens with zero attached hydrogens (tertiary/aromatic N) is 2. The van der Waals surface area contributed by atoms with Crippen LogP contribution in [0.2, 0.25) is 0 Å². The van der Waals surface area contributed by atoms with E-state index in [0.29, 0.717) is 39.4 Å². The van der Waals surface area contributed by atoms with Crippen LogP contribution in [-0.4, -0.2) is 9.97 Å². The Morgan fingerprint density at radius 2 is 0.952 bits per heavy atom. The first-order chi connectivity index (χ1) is 33.7. The fraction of sp³-hybridized carbons (Fsp3) is 0. The number of hydrogen-bond acceptors (Lipinski definition) is 3. The summed E-state index contributed by atoms with van der Waals surface area (Å²) in [5.41, 5.74) is 7.75. The average Bonchev–Trinajstić information content (AvgIpc) is 3.80. The Balaban J connectivity index is 1.08. The Morgan fingerprint density at radius 1 is 0.381 bits per heavy atom. The monoisotopic (exact) mass is 806 g/mol. The molecule has 0 aliphatic rings. The number of aromatic nitrogens is 2. The molecule has 3 heterocycles. The number of pyridine rings is 2. The summed E-state index contributed by atoms with van der Waals surface area (Å²) < 4.78 is 63.3. The van der Waals surface area contributed by atoms with Crippen molar-refractivity contribution in [3.05, 3.63) is 218 Å². The molecule has 0 aliphatic heterocycles. The van der Waals surface area contributed by atoms with Crippen molar-refractivity contribution in [1.82, 2.24) is 9.97 Å². The molecule has 0 amide bonds. The first kappa shape index (κ1) is 29.8. The van der Waals surface area contributed by atoms with E-state index in [1.54, 1.807) is 12.3 Å². The predicted molar refractivity (Wildman–Crippen MR) is 263 cm³/mol. The summed E-state index contributed by atoms with van der Waals surface area (Å²) >= 11 is 0. The lowest BCUT2D eigenvalue weighted by Crippen LogP contribution is -1.91. The van der Waals surface area contributed by atoms with Gasteiger partial charge in [0.2, 0.25) is 0 Å². The molecule has 0 bridgehead atoms. The standard InChI is InChI=1S/C60H36N2O/c1-3-12-37(13-4-1)55-56(38-14-5-2-6-15-38)60(51-31-28-41-24-23-39-16-9-17-40-27-30-50(51)54(41)53(39)40)63-59(55)45-19-10-18-44(36-45)46-32-33-49(48-22-8-7-21-47(46)48)52-34-29-43-26-25-42-20-11-35-61-57(42)58(43)62-52/h1-36H/i7D,8D,21D,22D,32D,33D. The highest BCUT2D eigenvalue weighted by molar-refractivity contribution is 6.26. The van der Waals surface area contributed by atoms with E-state index >= 15 is 0 Å². The average molecular weight is 807 g/mol. The van der Waals surface area contributed by atoms with Crippen LogP contribution in [0.1, 0.15) is 8.22 Å². The molecular formula is C60H36N2O. The zero-order valence-corrected chi connectivity index (χ0v) is 33.6. The number of rotatable bonds is 6. The van der Waals surface area contributed by atoms with Crippen LogP contribution in [0.4, 0.5) is 0 Å². The van der Waals surface area contributed by atoms with Gasteiger partial charge in [-0.15, -0.1) is 0 Å². The molecule has 13 rings (SSSR count). The van der Waals surface area contributed by atoms with E-state index in [0.717, 1.165) is 49.4 Å². The fourth-order valence-corrected chi connectivity index (χ4v) is 9.54. The SMILES string of the molecule is [2H]c1c([2H])c([2H])c2c(-c3ccc4ccc5cccnc5c4n3)c([2H])c([2H])c(-c3cccc(-c4oc(-c5ccc6ccc7cccc8ccc5c6c78)c(-c5ccccc5)c4-c4ccccc4)c3)c2c1[2H]. The Bertz CT molecular complexity index is 4250. The third kappa shape index (κ3) is 5.60. The molecule has 3 heteroatoms. The van der Waals surface area contributed by atoms with Gasteiger partial charge >= 0.3 is 0 Å². The molecule has 0 unspecified atom stereocenters. The molecule has 63 heavy (non-hydrogen) atoms. The van der Waals surface area contributed by atoms with Crippen LogP contribution < -0.4 is 0 Å². The second-order valence-electron chi connectivity index (χ2n) is 16.0. The van der Waals surface area contributed by atoms with Crippen LogP contribution in [0.25, 0.3) is 132 Å². The second-order valence-corrected chi connectivity index (χ2v) is 16.0. The number of benzene rings is 10. The summed E-state index contributed by atoms with van der Waals surface area (Å²) in [5, 5.41) is 8.88. The second kappa shape index (κ2) is 14.1. The van der Waals surface area contributed by atoms with Gasteiger partial charge in [0.1, 0.15) is 11.5 Å². The predicted octanol–water partition coefficient (Wildman–Crippen LogP) is 16.4. The van der Waals surface area contributed by atoms with Crippen molar-refractivity contribution in [2.24, 2.45) is 0 Å². The van der Waals surface area contributed by atoms with Crippen LogP contribution in [0, 0.1) is 0 Å². The molecule has 0 radical (unpaired) electrons. The Morgan fingerprint density at radius 3 is 1.73 bits per heavy atom. The quantitative estimate of drug-likeness (QED) is 0.157. The van der Waals surface area contributed by atoms with Crippen LogP contribution in [-0.2, 0) is 0 Å². The molecule has 3 aromatic heterocycles. The Hall–Kier alpha value is -8.40. The van der Waals surface area contributed by atoms with E-state index in [1.807, 2.05) is 91.0 Å². The summed E-state index contributed by atoms with van der Waals surface area (Å²) in [6, 6.07) is 56.9. The Labute approximate surface area is 372 Å². The Kier molecular flexibility index (Phi) is 6.66.